The largest absolute Gasteiger partial charge is 0.447 e. The quantitative estimate of drug-likeness (QED) is 0.572. The standard InChI is InChI=1S/C27H37FN6O2/c1-17(30-26-29-12-9-25(31-26)34-24(19-5-6-19)16-36-27(34)35)20-7-8-22(23(28)15-20)18(2)33-13-10-21(11-14-33)32(3)4/h7-9,12,15,17-19,21,24H,5-6,10-11,13-14,16H2,1-4H3,(H,29,30,31)/t17-,18?,24+/m0/s1. The van der Waals surface area contributed by atoms with E-state index in [-0.39, 0.29) is 30.0 Å². The van der Waals surface area contributed by atoms with Crippen LogP contribution in [0, 0.1) is 11.7 Å². The van der Waals surface area contributed by atoms with Gasteiger partial charge in [0.05, 0.1) is 12.1 Å². The Balaban J connectivity index is 1.24. The monoisotopic (exact) mass is 496 g/mol. The Bertz CT molecular complexity index is 1090. The molecule has 0 radical (unpaired) electrons. The van der Waals surface area contributed by atoms with Crippen LogP contribution in [0.1, 0.15) is 62.7 Å². The third kappa shape index (κ3) is 5.18. The number of ether oxygens (including phenoxy) is 1. The second kappa shape index (κ2) is 10.3. The number of amides is 1. The maximum Gasteiger partial charge on any atom is 0.415 e. The van der Waals surface area contributed by atoms with E-state index in [0.29, 0.717) is 30.3 Å². The molecule has 3 fully saturated rings. The summed E-state index contributed by atoms with van der Waals surface area (Å²) in [5.41, 5.74) is 1.55. The minimum atomic E-state index is -0.359. The molecular weight excluding hydrogens is 459 g/mol. The Labute approximate surface area is 212 Å². The molecule has 1 aromatic carbocycles. The van der Waals surface area contributed by atoms with Crippen LogP contribution in [0.15, 0.2) is 30.5 Å². The lowest BCUT2D eigenvalue weighted by atomic mass is 9.97. The molecule has 1 saturated carbocycles. The van der Waals surface area contributed by atoms with Gasteiger partial charge < -0.3 is 15.0 Å². The summed E-state index contributed by atoms with van der Waals surface area (Å²) in [6.45, 7) is 6.40. The van der Waals surface area contributed by atoms with Crippen molar-refractivity contribution in [2.45, 2.75) is 63.7 Å². The normalized spacial score (nSPS) is 23.1. The first-order valence-electron chi connectivity index (χ1n) is 13.1. The molecular formula is C27H37FN6O2. The summed E-state index contributed by atoms with van der Waals surface area (Å²) in [7, 11) is 4.26. The van der Waals surface area contributed by atoms with Crippen LogP contribution in [0.4, 0.5) is 21.0 Å². The highest BCUT2D eigenvalue weighted by molar-refractivity contribution is 5.89. The van der Waals surface area contributed by atoms with Gasteiger partial charge in [-0.25, -0.2) is 14.2 Å². The van der Waals surface area contributed by atoms with E-state index < -0.39 is 0 Å². The summed E-state index contributed by atoms with van der Waals surface area (Å²) in [5.74, 6) is 1.22. The number of carbonyl (C=O) groups excluding carboxylic acids is 1. The fourth-order valence-corrected chi connectivity index (χ4v) is 5.50. The lowest BCUT2D eigenvalue weighted by Gasteiger charge is -2.38. The highest BCUT2D eigenvalue weighted by atomic mass is 19.1. The molecule has 3 aliphatic rings. The number of nitrogens with one attached hydrogen (secondary N) is 1. The van der Waals surface area contributed by atoms with E-state index in [9.17, 15) is 4.79 Å². The zero-order valence-corrected chi connectivity index (χ0v) is 21.7. The molecule has 194 valence electrons. The number of halogens is 1. The predicted molar refractivity (Wildman–Crippen MR) is 138 cm³/mol. The van der Waals surface area contributed by atoms with Gasteiger partial charge in [0.15, 0.2) is 0 Å². The molecule has 8 nitrogen and oxygen atoms in total. The van der Waals surface area contributed by atoms with Gasteiger partial charge in [-0.15, -0.1) is 0 Å². The first-order valence-corrected chi connectivity index (χ1v) is 13.1. The van der Waals surface area contributed by atoms with E-state index in [4.69, 9.17) is 4.74 Å². The molecule has 2 aliphatic heterocycles. The highest BCUT2D eigenvalue weighted by Gasteiger charge is 2.44. The number of benzene rings is 1. The lowest BCUT2D eigenvalue weighted by molar-refractivity contribution is 0.113. The summed E-state index contributed by atoms with van der Waals surface area (Å²) in [4.78, 5) is 27.5. The van der Waals surface area contributed by atoms with Crippen molar-refractivity contribution in [2.75, 3.05) is 44.0 Å². The first kappa shape index (κ1) is 24.9. The number of nitrogens with zero attached hydrogens (tertiary/aromatic N) is 5. The number of rotatable bonds is 8. The molecule has 2 aromatic rings. The summed E-state index contributed by atoms with van der Waals surface area (Å²) in [6, 6.07) is 7.69. The predicted octanol–water partition coefficient (Wildman–Crippen LogP) is 4.61. The average Bonchev–Trinajstić information content (AvgIpc) is 3.65. The molecule has 1 amide bonds. The Kier molecular flexibility index (Phi) is 7.12. The van der Waals surface area contributed by atoms with Crippen molar-refractivity contribution in [1.82, 2.24) is 19.8 Å². The maximum atomic E-state index is 15.2. The summed E-state index contributed by atoms with van der Waals surface area (Å²) in [6.07, 6.45) is 5.71. The van der Waals surface area contributed by atoms with Gasteiger partial charge in [-0.1, -0.05) is 12.1 Å². The molecule has 3 atom stereocenters. The molecule has 0 bridgehead atoms. The molecule has 3 heterocycles. The molecule has 2 saturated heterocycles. The minimum absolute atomic E-state index is 0.0325. The van der Waals surface area contributed by atoms with Crippen molar-refractivity contribution in [3.63, 3.8) is 0 Å². The van der Waals surface area contributed by atoms with Gasteiger partial charge in [-0.2, -0.15) is 4.98 Å². The van der Waals surface area contributed by atoms with Crippen LogP contribution < -0.4 is 10.2 Å². The van der Waals surface area contributed by atoms with Crippen molar-refractivity contribution in [2.24, 2.45) is 5.92 Å². The van der Waals surface area contributed by atoms with Crippen LogP contribution in [-0.4, -0.2) is 71.7 Å². The number of hydrogen-bond acceptors (Lipinski definition) is 7. The highest BCUT2D eigenvalue weighted by Crippen LogP contribution is 2.39. The van der Waals surface area contributed by atoms with Gasteiger partial charge in [-0.05, 0) is 77.2 Å². The van der Waals surface area contributed by atoms with Crippen molar-refractivity contribution in [3.05, 3.63) is 47.4 Å². The molecule has 9 heteroatoms. The van der Waals surface area contributed by atoms with Crippen molar-refractivity contribution in [3.8, 4) is 0 Å². The van der Waals surface area contributed by atoms with Crippen LogP contribution in [0.3, 0.4) is 0 Å². The summed E-state index contributed by atoms with van der Waals surface area (Å²) in [5, 5.41) is 3.27. The van der Waals surface area contributed by atoms with Gasteiger partial charge in [-0.3, -0.25) is 9.80 Å². The lowest BCUT2D eigenvalue weighted by Crippen LogP contribution is -2.42. The van der Waals surface area contributed by atoms with E-state index in [1.165, 1.54) is 0 Å². The van der Waals surface area contributed by atoms with Gasteiger partial charge >= 0.3 is 6.09 Å². The van der Waals surface area contributed by atoms with Gasteiger partial charge in [0.25, 0.3) is 0 Å². The molecule has 0 spiro atoms. The number of carbonyl (C=O) groups is 1. The van der Waals surface area contributed by atoms with E-state index in [1.54, 1.807) is 23.2 Å². The molecule has 1 unspecified atom stereocenters. The summed E-state index contributed by atoms with van der Waals surface area (Å²) < 4.78 is 20.5. The van der Waals surface area contributed by atoms with Crippen LogP contribution >= 0.6 is 0 Å². The number of anilines is 2. The topological polar surface area (TPSA) is 73.8 Å². The van der Waals surface area contributed by atoms with E-state index in [0.717, 1.165) is 49.9 Å². The molecule has 5 rings (SSSR count). The second-order valence-corrected chi connectivity index (χ2v) is 10.6. The van der Waals surface area contributed by atoms with Gasteiger partial charge in [0.1, 0.15) is 18.2 Å². The van der Waals surface area contributed by atoms with E-state index in [2.05, 4.69) is 46.1 Å². The Morgan fingerprint density at radius 2 is 1.89 bits per heavy atom. The fraction of sp³-hybridized carbons (Fsp3) is 0.593. The van der Waals surface area contributed by atoms with Crippen LogP contribution in [0.2, 0.25) is 0 Å². The van der Waals surface area contributed by atoms with Gasteiger partial charge in [0.2, 0.25) is 5.95 Å². The third-order valence-corrected chi connectivity index (χ3v) is 8.06. The fourth-order valence-electron chi connectivity index (χ4n) is 5.50. The molecule has 1 aromatic heterocycles. The second-order valence-electron chi connectivity index (χ2n) is 10.6. The molecule has 36 heavy (non-hydrogen) atoms. The van der Waals surface area contributed by atoms with Crippen LogP contribution in [0.25, 0.3) is 0 Å². The number of hydrogen-bond donors (Lipinski definition) is 1. The van der Waals surface area contributed by atoms with E-state index >= 15 is 4.39 Å². The number of piperidine rings is 1. The first-order chi connectivity index (χ1) is 17.3. The Morgan fingerprint density at radius 3 is 2.56 bits per heavy atom. The Hall–Kier alpha value is -2.78. The number of likely N-dealkylation sites (tertiary alicyclic amines) is 1. The SMILES string of the molecule is CC(c1ccc([C@H](C)Nc2nccc(N3C(=O)OC[C@@H]3C3CC3)n2)cc1F)N1CCC(N(C)C)CC1. The minimum Gasteiger partial charge on any atom is -0.447 e. The number of aromatic nitrogens is 2. The third-order valence-electron chi connectivity index (χ3n) is 8.06. The molecule has 1 aliphatic carbocycles. The van der Waals surface area contributed by atoms with Crippen molar-refractivity contribution >= 4 is 17.9 Å². The summed E-state index contributed by atoms with van der Waals surface area (Å²) >= 11 is 0. The average molecular weight is 497 g/mol. The van der Waals surface area contributed by atoms with Crippen molar-refractivity contribution < 1.29 is 13.9 Å². The van der Waals surface area contributed by atoms with Crippen LogP contribution in [0.5, 0.6) is 0 Å². The van der Waals surface area contributed by atoms with Crippen LogP contribution in [-0.2, 0) is 4.74 Å². The molecule has 1 N–H and O–H groups in total. The van der Waals surface area contributed by atoms with Gasteiger partial charge in [0, 0.05) is 36.9 Å². The smallest absolute Gasteiger partial charge is 0.415 e. The zero-order valence-electron chi connectivity index (χ0n) is 21.7. The van der Waals surface area contributed by atoms with E-state index in [1.807, 2.05) is 19.1 Å². The number of cyclic esters (lactones) is 1. The zero-order chi connectivity index (χ0) is 25.4. The Morgan fingerprint density at radius 1 is 1.14 bits per heavy atom. The maximum absolute atomic E-state index is 15.2. The van der Waals surface area contributed by atoms with Crippen molar-refractivity contribution in [1.29, 1.82) is 0 Å².